The van der Waals surface area contributed by atoms with E-state index in [0.29, 0.717) is 5.56 Å². The van der Waals surface area contributed by atoms with Gasteiger partial charge in [0.05, 0.1) is 0 Å². The van der Waals surface area contributed by atoms with Crippen molar-refractivity contribution in [1.29, 1.82) is 0 Å². The van der Waals surface area contributed by atoms with E-state index in [1.807, 2.05) is 36.4 Å². The van der Waals surface area contributed by atoms with Crippen LogP contribution in [0.4, 0.5) is 5.69 Å². The molecular formula is C15H13Br2NO. The Morgan fingerprint density at radius 1 is 1.11 bits per heavy atom. The van der Waals surface area contributed by atoms with Crippen LogP contribution >= 0.6 is 31.9 Å². The molecule has 2 rings (SSSR count). The van der Waals surface area contributed by atoms with Crippen LogP contribution in [0.5, 0.6) is 0 Å². The van der Waals surface area contributed by atoms with Gasteiger partial charge in [0.1, 0.15) is 0 Å². The summed E-state index contributed by atoms with van der Waals surface area (Å²) in [5, 5.41) is 3.82. The average molecular weight is 383 g/mol. The number of hydrogen-bond acceptors (Lipinski definition) is 1. The molecule has 0 bridgehead atoms. The van der Waals surface area contributed by atoms with Crippen LogP contribution in [-0.2, 0) is 6.42 Å². The fraction of sp³-hybridized carbons (Fsp3) is 0.133. The molecule has 2 aromatic rings. The smallest absolute Gasteiger partial charge is 0.255 e. The summed E-state index contributed by atoms with van der Waals surface area (Å²) >= 11 is 6.77. The highest BCUT2D eigenvalue weighted by molar-refractivity contribution is 9.10. The van der Waals surface area contributed by atoms with E-state index in [4.69, 9.17) is 0 Å². The summed E-state index contributed by atoms with van der Waals surface area (Å²) in [5.74, 6) is -0.102. The second-order valence-electron chi connectivity index (χ2n) is 4.10. The maximum atomic E-state index is 12.0. The minimum absolute atomic E-state index is 0.102. The van der Waals surface area contributed by atoms with Crippen molar-refractivity contribution in [3.63, 3.8) is 0 Å². The molecule has 98 valence electrons. The topological polar surface area (TPSA) is 29.1 Å². The number of anilines is 1. The molecule has 0 saturated heterocycles. The number of alkyl halides is 1. The van der Waals surface area contributed by atoms with Crippen LogP contribution in [0.2, 0.25) is 0 Å². The highest BCUT2D eigenvalue weighted by atomic mass is 79.9. The van der Waals surface area contributed by atoms with E-state index in [1.165, 1.54) is 5.56 Å². The van der Waals surface area contributed by atoms with Crippen LogP contribution in [0.25, 0.3) is 0 Å². The fourth-order valence-electron chi connectivity index (χ4n) is 1.70. The van der Waals surface area contributed by atoms with E-state index in [1.54, 1.807) is 12.1 Å². The van der Waals surface area contributed by atoms with Gasteiger partial charge >= 0.3 is 0 Å². The number of benzene rings is 2. The lowest BCUT2D eigenvalue weighted by Gasteiger charge is -2.06. The van der Waals surface area contributed by atoms with Gasteiger partial charge in [-0.3, -0.25) is 4.79 Å². The van der Waals surface area contributed by atoms with Crippen molar-refractivity contribution >= 4 is 43.5 Å². The van der Waals surface area contributed by atoms with Gasteiger partial charge in [-0.05, 0) is 42.3 Å². The van der Waals surface area contributed by atoms with Crippen LogP contribution in [0, 0.1) is 0 Å². The molecule has 2 nitrogen and oxygen atoms in total. The standard InChI is InChI=1S/C15H13Br2NO/c16-9-8-11-4-6-14(7-5-11)18-15(19)12-2-1-3-13(17)10-12/h1-7,10H,8-9H2,(H,18,19). The van der Waals surface area contributed by atoms with Gasteiger partial charge in [0.15, 0.2) is 0 Å². The lowest BCUT2D eigenvalue weighted by Crippen LogP contribution is -2.11. The maximum Gasteiger partial charge on any atom is 0.255 e. The summed E-state index contributed by atoms with van der Waals surface area (Å²) < 4.78 is 0.896. The molecule has 0 unspecified atom stereocenters. The first-order valence-corrected chi connectivity index (χ1v) is 7.82. The molecular weight excluding hydrogens is 370 g/mol. The predicted octanol–water partition coefficient (Wildman–Crippen LogP) is 4.64. The zero-order valence-corrected chi connectivity index (χ0v) is 13.4. The molecule has 0 atom stereocenters. The van der Waals surface area contributed by atoms with Crippen LogP contribution in [0.3, 0.4) is 0 Å². The molecule has 0 heterocycles. The number of carbonyl (C=O) groups is 1. The predicted molar refractivity (Wildman–Crippen MR) is 86.0 cm³/mol. The first-order valence-electron chi connectivity index (χ1n) is 5.91. The lowest BCUT2D eigenvalue weighted by atomic mass is 10.1. The Bertz CT molecular complexity index is 567. The molecule has 0 aliphatic rings. The van der Waals surface area contributed by atoms with Crippen LogP contribution < -0.4 is 5.32 Å². The number of carbonyl (C=O) groups excluding carboxylic acids is 1. The zero-order chi connectivity index (χ0) is 13.7. The number of nitrogens with one attached hydrogen (secondary N) is 1. The minimum Gasteiger partial charge on any atom is -0.322 e. The molecule has 0 radical (unpaired) electrons. The zero-order valence-electron chi connectivity index (χ0n) is 10.2. The summed E-state index contributed by atoms with van der Waals surface area (Å²) in [5.41, 5.74) is 2.69. The van der Waals surface area contributed by atoms with E-state index in [-0.39, 0.29) is 5.91 Å². The number of rotatable bonds is 4. The van der Waals surface area contributed by atoms with Crippen LogP contribution in [0.1, 0.15) is 15.9 Å². The molecule has 0 fully saturated rings. The second kappa shape index (κ2) is 6.87. The van der Waals surface area contributed by atoms with Gasteiger partial charge in [-0.15, -0.1) is 0 Å². The van der Waals surface area contributed by atoms with Gasteiger partial charge < -0.3 is 5.32 Å². The van der Waals surface area contributed by atoms with E-state index >= 15 is 0 Å². The molecule has 0 aromatic heterocycles. The molecule has 0 aliphatic heterocycles. The summed E-state index contributed by atoms with van der Waals surface area (Å²) in [7, 11) is 0. The Morgan fingerprint density at radius 3 is 2.47 bits per heavy atom. The first kappa shape index (κ1) is 14.3. The Kier molecular flexibility index (Phi) is 5.16. The van der Waals surface area contributed by atoms with Crippen molar-refractivity contribution < 1.29 is 4.79 Å². The van der Waals surface area contributed by atoms with Crippen LogP contribution in [-0.4, -0.2) is 11.2 Å². The van der Waals surface area contributed by atoms with Crippen molar-refractivity contribution in [2.24, 2.45) is 0 Å². The van der Waals surface area contributed by atoms with Gasteiger partial charge in [-0.25, -0.2) is 0 Å². The molecule has 2 aromatic carbocycles. The molecule has 1 amide bonds. The van der Waals surface area contributed by atoms with Crippen molar-refractivity contribution in [2.45, 2.75) is 6.42 Å². The summed E-state index contributed by atoms with van der Waals surface area (Å²) in [6.07, 6.45) is 0.986. The SMILES string of the molecule is O=C(Nc1ccc(CCBr)cc1)c1cccc(Br)c1. The molecule has 0 spiro atoms. The minimum atomic E-state index is -0.102. The third kappa shape index (κ3) is 4.18. The van der Waals surface area contributed by atoms with Crippen molar-refractivity contribution in [2.75, 3.05) is 10.6 Å². The van der Waals surface area contributed by atoms with E-state index < -0.39 is 0 Å². The maximum absolute atomic E-state index is 12.0. The summed E-state index contributed by atoms with van der Waals surface area (Å²) in [6.45, 7) is 0. The highest BCUT2D eigenvalue weighted by Gasteiger charge is 2.06. The van der Waals surface area contributed by atoms with E-state index in [9.17, 15) is 4.79 Å². The number of aryl methyl sites for hydroxylation is 1. The number of amides is 1. The fourth-order valence-corrected chi connectivity index (χ4v) is 2.55. The molecule has 4 heteroatoms. The summed E-state index contributed by atoms with van der Waals surface area (Å²) in [4.78, 5) is 12.0. The molecule has 0 saturated carbocycles. The molecule has 0 aliphatic carbocycles. The van der Waals surface area contributed by atoms with Crippen molar-refractivity contribution in [3.8, 4) is 0 Å². The van der Waals surface area contributed by atoms with Gasteiger partial charge in [0, 0.05) is 21.1 Å². The average Bonchev–Trinajstić information content (AvgIpc) is 2.41. The number of halogens is 2. The largest absolute Gasteiger partial charge is 0.322 e. The Morgan fingerprint density at radius 2 is 1.84 bits per heavy atom. The molecule has 1 N–H and O–H groups in total. The van der Waals surface area contributed by atoms with Gasteiger partial charge in [0.2, 0.25) is 0 Å². The van der Waals surface area contributed by atoms with E-state index in [0.717, 1.165) is 21.9 Å². The third-order valence-corrected chi connectivity index (χ3v) is 3.57. The van der Waals surface area contributed by atoms with Gasteiger partial charge in [-0.2, -0.15) is 0 Å². The Labute approximate surface area is 129 Å². The highest BCUT2D eigenvalue weighted by Crippen LogP contribution is 2.15. The lowest BCUT2D eigenvalue weighted by molar-refractivity contribution is 0.102. The monoisotopic (exact) mass is 381 g/mol. The van der Waals surface area contributed by atoms with Crippen molar-refractivity contribution in [3.05, 3.63) is 64.1 Å². The number of hydrogen-bond donors (Lipinski definition) is 1. The molecule has 19 heavy (non-hydrogen) atoms. The first-order chi connectivity index (χ1) is 9.19. The summed E-state index contributed by atoms with van der Waals surface area (Å²) in [6, 6.07) is 15.2. The second-order valence-corrected chi connectivity index (χ2v) is 5.81. The normalized spacial score (nSPS) is 10.2. The van der Waals surface area contributed by atoms with Gasteiger partial charge in [0.25, 0.3) is 5.91 Å². The van der Waals surface area contributed by atoms with Crippen LogP contribution in [0.15, 0.2) is 53.0 Å². The Balaban J connectivity index is 2.06. The third-order valence-electron chi connectivity index (χ3n) is 2.68. The van der Waals surface area contributed by atoms with Gasteiger partial charge in [-0.1, -0.05) is 50.1 Å². The Hall–Kier alpha value is -1.13. The van der Waals surface area contributed by atoms with Crippen molar-refractivity contribution in [1.82, 2.24) is 0 Å². The quantitative estimate of drug-likeness (QED) is 0.766. The van der Waals surface area contributed by atoms with E-state index in [2.05, 4.69) is 37.2 Å².